The third kappa shape index (κ3) is 4.43. The number of amidine groups is 1. The van der Waals surface area contributed by atoms with Crippen LogP contribution >= 0.6 is 10.9 Å². The van der Waals surface area contributed by atoms with Crippen LogP contribution in [0.3, 0.4) is 0 Å². The fraction of sp³-hybridized carbons (Fsp3) is 0.211. The van der Waals surface area contributed by atoms with Crippen molar-refractivity contribution >= 4 is 38.8 Å². The maximum absolute atomic E-state index is 4.38. The molecule has 0 aliphatic carbocycles. The monoisotopic (exact) mass is 367 g/mol. The van der Waals surface area contributed by atoms with E-state index in [4.69, 9.17) is 0 Å². The highest BCUT2D eigenvalue weighted by Gasteiger charge is 2.19. The zero-order valence-electron chi connectivity index (χ0n) is 15.4. The summed E-state index contributed by atoms with van der Waals surface area (Å²) in [5.41, 5.74) is 3.54. The molecule has 0 radical (unpaired) electrons. The zero-order valence-corrected chi connectivity index (χ0v) is 16.3. The van der Waals surface area contributed by atoms with E-state index in [-0.39, 0.29) is 10.9 Å². The van der Waals surface area contributed by atoms with Gasteiger partial charge in [0.1, 0.15) is 5.69 Å². The average molecular weight is 368 g/mol. The SMILES string of the molecule is CN(C)c1ccc(N=Nc2ccc(N=NC3=[N+](C)C=C[SH]3C)cc2)cc1. The average Bonchev–Trinajstić information content (AvgIpc) is 2.97. The minimum Gasteiger partial charge on any atom is -0.378 e. The van der Waals surface area contributed by atoms with E-state index in [0.29, 0.717) is 0 Å². The number of azo groups is 2. The van der Waals surface area contributed by atoms with Crippen LogP contribution in [-0.4, -0.2) is 37.1 Å². The van der Waals surface area contributed by atoms with Gasteiger partial charge < -0.3 is 4.90 Å². The van der Waals surface area contributed by atoms with Crippen molar-refractivity contribution in [2.45, 2.75) is 0 Å². The third-order valence-electron chi connectivity index (χ3n) is 3.90. The fourth-order valence-corrected chi connectivity index (χ4v) is 3.63. The van der Waals surface area contributed by atoms with Gasteiger partial charge in [-0.2, -0.15) is 10.2 Å². The molecule has 2 aromatic rings. The minimum atomic E-state index is -0.343. The summed E-state index contributed by atoms with van der Waals surface area (Å²) >= 11 is 0. The number of benzene rings is 2. The van der Waals surface area contributed by atoms with Gasteiger partial charge in [0, 0.05) is 25.2 Å². The van der Waals surface area contributed by atoms with Crippen LogP contribution in [0.2, 0.25) is 0 Å². The molecule has 6 nitrogen and oxygen atoms in total. The third-order valence-corrected chi connectivity index (χ3v) is 5.51. The van der Waals surface area contributed by atoms with E-state index < -0.39 is 0 Å². The highest BCUT2D eigenvalue weighted by molar-refractivity contribution is 8.31. The lowest BCUT2D eigenvalue weighted by Crippen LogP contribution is -2.07. The van der Waals surface area contributed by atoms with Crippen molar-refractivity contribution in [1.82, 2.24) is 0 Å². The van der Waals surface area contributed by atoms with E-state index in [9.17, 15) is 0 Å². The van der Waals surface area contributed by atoms with Crippen molar-refractivity contribution in [3.8, 4) is 0 Å². The van der Waals surface area contributed by atoms with E-state index in [2.05, 4.69) is 32.1 Å². The van der Waals surface area contributed by atoms with Crippen LogP contribution in [-0.2, 0) is 0 Å². The Morgan fingerprint density at radius 2 is 1.23 bits per heavy atom. The van der Waals surface area contributed by atoms with E-state index in [1.54, 1.807) is 0 Å². The maximum atomic E-state index is 4.38. The molecule has 1 aliphatic rings. The molecule has 0 bridgehead atoms. The van der Waals surface area contributed by atoms with Gasteiger partial charge in [-0.25, -0.2) is 4.58 Å². The van der Waals surface area contributed by atoms with Crippen molar-refractivity contribution in [2.24, 2.45) is 20.5 Å². The Hall–Kier alpha value is -2.80. The zero-order chi connectivity index (χ0) is 18.5. The second kappa shape index (κ2) is 8.05. The van der Waals surface area contributed by atoms with Crippen LogP contribution in [0.15, 0.2) is 80.6 Å². The Labute approximate surface area is 156 Å². The Balaban J connectivity index is 1.65. The topological polar surface area (TPSA) is 55.7 Å². The smallest absolute Gasteiger partial charge is 0.369 e. The quantitative estimate of drug-likeness (QED) is 0.441. The number of anilines is 1. The number of hydrogen-bond acceptors (Lipinski definition) is 5. The van der Waals surface area contributed by atoms with Crippen LogP contribution < -0.4 is 4.90 Å². The van der Waals surface area contributed by atoms with Crippen LogP contribution in [0.25, 0.3) is 0 Å². The summed E-state index contributed by atoms with van der Waals surface area (Å²) in [5.74, 6) is 0. The van der Waals surface area contributed by atoms with Crippen molar-refractivity contribution in [3.05, 3.63) is 60.1 Å². The Morgan fingerprint density at radius 1 is 0.769 bits per heavy atom. The molecule has 3 rings (SSSR count). The summed E-state index contributed by atoms with van der Waals surface area (Å²) in [6, 6.07) is 15.5. The molecule has 2 aromatic carbocycles. The van der Waals surface area contributed by atoms with E-state index in [1.807, 2.05) is 85.3 Å². The molecule has 1 unspecified atom stereocenters. The molecule has 1 aliphatic heterocycles. The first-order valence-electron chi connectivity index (χ1n) is 8.25. The molecule has 0 amide bonds. The van der Waals surface area contributed by atoms with Crippen LogP contribution in [0.5, 0.6) is 0 Å². The minimum absolute atomic E-state index is 0.343. The summed E-state index contributed by atoms with van der Waals surface area (Å²) in [7, 11) is 5.67. The van der Waals surface area contributed by atoms with Crippen LogP contribution in [0.4, 0.5) is 22.7 Å². The summed E-state index contributed by atoms with van der Waals surface area (Å²) < 4.78 is 2.01. The summed E-state index contributed by atoms with van der Waals surface area (Å²) in [6.45, 7) is 0. The molecule has 7 heteroatoms. The standard InChI is InChI=1S/C19H23N6S/c1-24(2)18-11-9-17(10-12-18)21-20-15-5-7-16(8-6-15)22-23-19-25(3)13-14-26(19)4/h5-14,26H,1-4H3/q+1. The molecular weight excluding hydrogens is 344 g/mol. The lowest BCUT2D eigenvalue weighted by Gasteiger charge is -2.11. The van der Waals surface area contributed by atoms with Gasteiger partial charge in [-0.3, -0.25) is 0 Å². The van der Waals surface area contributed by atoms with Gasteiger partial charge in [0.2, 0.25) is 0 Å². The van der Waals surface area contributed by atoms with Crippen molar-refractivity contribution in [1.29, 1.82) is 0 Å². The van der Waals surface area contributed by atoms with Gasteiger partial charge in [-0.05, 0) is 59.9 Å². The molecule has 26 heavy (non-hydrogen) atoms. The first-order chi connectivity index (χ1) is 12.5. The highest BCUT2D eigenvalue weighted by Crippen LogP contribution is 2.30. The van der Waals surface area contributed by atoms with Crippen molar-refractivity contribution < 1.29 is 4.58 Å². The van der Waals surface area contributed by atoms with E-state index in [0.717, 1.165) is 27.9 Å². The largest absolute Gasteiger partial charge is 0.378 e. The summed E-state index contributed by atoms with van der Waals surface area (Å²) in [5, 5.41) is 20.4. The van der Waals surface area contributed by atoms with Crippen LogP contribution in [0, 0.1) is 0 Å². The molecule has 1 atom stereocenters. The lowest BCUT2D eigenvalue weighted by molar-refractivity contribution is -0.418. The highest BCUT2D eigenvalue weighted by atomic mass is 32.2. The molecule has 0 saturated carbocycles. The molecule has 0 saturated heterocycles. The maximum Gasteiger partial charge on any atom is 0.369 e. The molecule has 0 spiro atoms. The van der Waals surface area contributed by atoms with Gasteiger partial charge in [0.25, 0.3) is 0 Å². The normalized spacial score (nSPS) is 18.4. The number of nitrogens with zero attached hydrogens (tertiary/aromatic N) is 6. The summed E-state index contributed by atoms with van der Waals surface area (Å²) in [6.07, 6.45) is 4.20. The van der Waals surface area contributed by atoms with Crippen LogP contribution in [0.1, 0.15) is 0 Å². The van der Waals surface area contributed by atoms with Gasteiger partial charge >= 0.3 is 5.17 Å². The predicted molar refractivity (Wildman–Crippen MR) is 111 cm³/mol. The fourth-order valence-electron chi connectivity index (χ4n) is 2.34. The Bertz CT molecular complexity index is 879. The number of thiol groups is 1. The summed E-state index contributed by atoms with van der Waals surface area (Å²) in [4.78, 5) is 2.05. The van der Waals surface area contributed by atoms with Gasteiger partial charge in [-0.1, -0.05) is 0 Å². The molecule has 0 N–H and O–H groups in total. The Morgan fingerprint density at radius 3 is 1.65 bits per heavy atom. The molecule has 0 fully saturated rings. The van der Waals surface area contributed by atoms with E-state index in [1.165, 1.54) is 0 Å². The molecule has 1 heterocycles. The second-order valence-corrected chi connectivity index (χ2v) is 8.07. The molecule has 134 valence electrons. The predicted octanol–water partition coefficient (Wildman–Crippen LogP) is 5.37. The van der Waals surface area contributed by atoms with Gasteiger partial charge in [0.05, 0.1) is 29.7 Å². The van der Waals surface area contributed by atoms with Gasteiger partial charge in [-0.15, -0.1) is 10.9 Å². The van der Waals surface area contributed by atoms with Crippen molar-refractivity contribution in [3.63, 3.8) is 0 Å². The second-order valence-electron chi connectivity index (χ2n) is 6.15. The molecular formula is C19H23N6S+. The Kier molecular flexibility index (Phi) is 5.58. The van der Waals surface area contributed by atoms with Gasteiger partial charge in [0.15, 0.2) is 0 Å². The van der Waals surface area contributed by atoms with Crippen molar-refractivity contribution in [2.75, 3.05) is 32.3 Å². The van der Waals surface area contributed by atoms with E-state index >= 15 is 0 Å². The molecule has 0 aromatic heterocycles. The number of hydrogen-bond donors (Lipinski definition) is 1. The number of rotatable bonds is 4. The first-order valence-corrected chi connectivity index (χ1v) is 10.1. The first kappa shape index (κ1) is 18.0. The lowest BCUT2D eigenvalue weighted by atomic mass is 10.3.